The largest absolute Gasteiger partial charge is 0.334 e. The molecule has 0 saturated carbocycles. The molecule has 0 aliphatic carbocycles. The third-order valence-electron chi connectivity index (χ3n) is 3.57. The summed E-state index contributed by atoms with van der Waals surface area (Å²) >= 11 is 0. The predicted octanol–water partition coefficient (Wildman–Crippen LogP) is 3.78. The van der Waals surface area contributed by atoms with E-state index in [4.69, 9.17) is 0 Å². The molecular weight excluding hydrogens is 312 g/mol. The summed E-state index contributed by atoms with van der Waals surface area (Å²) in [5, 5.41) is 0. The van der Waals surface area contributed by atoms with Gasteiger partial charge in [-0.2, -0.15) is 8.78 Å². The van der Waals surface area contributed by atoms with E-state index in [1.54, 1.807) is 6.20 Å². The van der Waals surface area contributed by atoms with E-state index in [2.05, 4.69) is 15.0 Å². The number of hydrogen-bond acceptors (Lipinski definition) is 4. The van der Waals surface area contributed by atoms with Gasteiger partial charge in [0.1, 0.15) is 11.5 Å². The summed E-state index contributed by atoms with van der Waals surface area (Å²) in [5.41, 5.74) is 0.851. The van der Waals surface area contributed by atoms with Crippen LogP contribution in [0.2, 0.25) is 0 Å². The van der Waals surface area contributed by atoms with Gasteiger partial charge in [0.25, 0.3) is 5.92 Å². The minimum atomic E-state index is -3.00. The maximum Gasteiger partial charge on any atom is 0.287 e. The van der Waals surface area contributed by atoms with Crippen LogP contribution in [0.25, 0.3) is 0 Å². The third-order valence-corrected chi connectivity index (χ3v) is 3.57. The van der Waals surface area contributed by atoms with Crippen LogP contribution in [0.1, 0.15) is 39.2 Å². The highest BCUT2D eigenvalue weighted by molar-refractivity contribution is 5.33. The first-order chi connectivity index (χ1) is 11.3. The molecule has 2 aromatic heterocycles. The molecular formula is C17H23F2N5. The van der Waals surface area contributed by atoms with Crippen LogP contribution in [0, 0.1) is 0 Å². The van der Waals surface area contributed by atoms with Crippen LogP contribution < -0.4 is 4.90 Å². The maximum atomic E-state index is 13.6. The molecule has 0 saturated heterocycles. The van der Waals surface area contributed by atoms with Crippen molar-refractivity contribution in [3.8, 4) is 0 Å². The zero-order chi connectivity index (χ0) is 17.7. The second-order valence-electron chi connectivity index (χ2n) is 5.92. The minimum absolute atomic E-state index is 0.275. The van der Waals surface area contributed by atoms with Crippen LogP contribution in [0.5, 0.6) is 0 Å². The first kappa shape index (κ1) is 18.0. The van der Waals surface area contributed by atoms with Gasteiger partial charge in [-0.15, -0.1) is 0 Å². The van der Waals surface area contributed by atoms with Gasteiger partial charge in [-0.05, 0) is 26.8 Å². The highest BCUT2D eigenvalue weighted by atomic mass is 19.3. The fraction of sp³-hybridized carbons (Fsp3) is 0.471. The van der Waals surface area contributed by atoms with E-state index in [1.807, 2.05) is 42.5 Å². The lowest BCUT2D eigenvalue weighted by atomic mass is 10.2. The van der Waals surface area contributed by atoms with Crippen molar-refractivity contribution in [1.82, 2.24) is 19.5 Å². The molecule has 0 aliphatic rings. The van der Waals surface area contributed by atoms with Crippen molar-refractivity contribution in [2.24, 2.45) is 0 Å². The second-order valence-corrected chi connectivity index (χ2v) is 5.92. The number of allylic oxidation sites excluding steroid dienone is 1. The average Bonchev–Trinajstić information content (AvgIpc) is 2.97. The van der Waals surface area contributed by atoms with Crippen molar-refractivity contribution in [1.29, 1.82) is 0 Å². The van der Waals surface area contributed by atoms with Crippen LogP contribution in [-0.2, 0) is 19.0 Å². The van der Waals surface area contributed by atoms with Gasteiger partial charge in [0.2, 0.25) is 5.95 Å². The second kappa shape index (κ2) is 7.51. The number of hydrogen-bond donors (Lipinski definition) is 0. The zero-order valence-electron chi connectivity index (χ0n) is 14.5. The zero-order valence-corrected chi connectivity index (χ0v) is 14.5. The van der Waals surface area contributed by atoms with Crippen LogP contribution in [0.3, 0.4) is 0 Å². The van der Waals surface area contributed by atoms with Crippen LogP contribution >= 0.6 is 0 Å². The van der Waals surface area contributed by atoms with Crippen molar-refractivity contribution < 1.29 is 8.78 Å². The summed E-state index contributed by atoms with van der Waals surface area (Å²) in [6.07, 6.45) is 7.01. The summed E-state index contributed by atoms with van der Waals surface area (Å²) in [5.74, 6) is -1.88. The Morgan fingerprint density at radius 3 is 2.67 bits per heavy atom. The van der Waals surface area contributed by atoms with Crippen molar-refractivity contribution in [3.05, 3.63) is 47.8 Å². The number of aromatic nitrogens is 4. The SMILES string of the molecule is CCn1ccnc1CN(CC=C(C)C)c1nccc(C(C)(F)F)n1. The van der Waals surface area contributed by atoms with Gasteiger partial charge in [-0.25, -0.2) is 15.0 Å². The summed E-state index contributed by atoms with van der Waals surface area (Å²) in [6.45, 7) is 8.61. The number of halogens is 2. The molecule has 2 heterocycles. The van der Waals surface area contributed by atoms with Crippen LogP contribution in [-0.4, -0.2) is 26.1 Å². The Kier molecular flexibility index (Phi) is 5.64. The first-order valence-corrected chi connectivity index (χ1v) is 7.91. The molecule has 0 amide bonds. The number of aryl methyl sites for hydroxylation is 1. The molecule has 130 valence electrons. The molecule has 5 nitrogen and oxygen atoms in total. The van der Waals surface area contributed by atoms with E-state index in [0.29, 0.717) is 13.1 Å². The lowest BCUT2D eigenvalue weighted by Gasteiger charge is -2.22. The van der Waals surface area contributed by atoms with Crippen molar-refractivity contribution in [2.75, 3.05) is 11.4 Å². The molecule has 0 fully saturated rings. The fourth-order valence-corrected chi connectivity index (χ4v) is 2.21. The molecule has 2 rings (SSSR count). The quantitative estimate of drug-likeness (QED) is 0.723. The van der Waals surface area contributed by atoms with Gasteiger partial charge < -0.3 is 9.47 Å². The van der Waals surface area contributed by atoms with E-state index in [0.717, 1.165) is 24.9 Å². The molecule has 24 heavy (non-hydrogen) atoms. The molecule has 0 spiro atoms. The molecule has 0 bridgehead atoms. The molecule has 0 N–H and O–H groups in total. The Bertz CT molecular complexity index is 699. The van der Waals surface area contributed by atoms with E-state index in [1.165, 1.54) is 12.3 Å². The van der Waals surface area contributed by atoms with Gasteiger partial charge in [-0.3, -0.25) is 0 Å². The van der Waals surface area contributed by atoms with E-state index < -0.39 is 5.92 Å². The Morgan fingerprint density at radius 1 is 1.29 bits per heavy atom. The summed E-state index contributed by atoms with van der Waals surface area (Å²) in [7, 11) is 0. The van der Waals surface area contributed by atoms with E-state index >= 15 is 0 Å². The van der Waals surface area contributed by atoms with E-state index in [9.17, 15) is 8.78 Å². The van der Waals surface area contributed by atoms with Crippen molar-refractivity contribution in [2.45, 2.75) is 46.7 Å². The van der Waals surface area contributed by atoms with Crippen molar-refractivity contribution in [3.63, 3.8) is 0 Å². The summed E-state index contributed by atoms with van der Waals surface area (Å²) < 4.78 is 29.1. The Labute approximate surface area is 141 Å². The van der Waals surface area contributed by atoms with Gasteiger partial charge >= 0.3 is 0 Å². The Balaban J connectivity index is 2.34. The first-order valence-electron chi connectivity index (χ1n) is 7.91. The number of nitrogens with zero attached hydrogens (tertiary/aromatic N) is 5. The molecule has 2 aromatic rings. The topological polar surface area (TPSA) is 46.8 Å². The molecule has 0 aromatic carbocycles. The number of anilines is 1. The number of alkyl halides is 2. The van der Waals surface area contributed by atoms with Gasteiger partial charge in [-0.1, -0.05) is 11.6 Å². The van der Waals surface area contributed by atoms with Crippen LogP contribution in [0.15, 0.2) is 36.3 Å². The highest BCUT2D eigenvalue weighted by Crippen LogP contribution is 2.26. The Morgan fingerprint density at radius 2 is 2.04 bits per heavy atom. The fourth-order valence-electron chi connectivity index (χ4n) is 2.21. The highest BCUT2D eigenvalue weighted by Gasteiger charge is 2.27. The number of rotatable bonds is 7. The Hall–Kier alpha value is -2.31. The average molecular weight is 335 g/mol. The van der Waals surface area contributed by atoms with Gasteiger partial charge in [0.05, 0.1) is 6.54 Å². The molecule has 0 aliphatic heterocycles. The molecule has 0 radical (unpaired) electrons. The van der Waals surface area contributed by atoms with Crippen LogP contribution in [0.4, 0.5) is 14.7 Å². The number of imidazole rings is 1. The summed E-state index contributed by atoms with van der Waals surface area (Å²) in [6, 6.07) is 1.25. The lowest BCUT2D eigenvalue weighted by Crippen LogP contribution is -2.27. The van der Waals surface area contributed by atoms with Gasteiger partial charge in [0.15, 0.2) is 0 Å². The smallest absolute Gasteiger partial charge is 0.287 e. The third kappa shape index (κ3) is 4.59. The predicted molar refractivity (Wildman–Crippen MR) is 90.0 cm³/mol. The molecule has 0 atom stereocenters. The lowest BCUT2D eigenvalue weighted by molar-refractivity contribution is 0.0127. The standard InChI is InChI=1S/C17H23F2N5/c1-5-23-11-9-20-15(23)12-24(10-7-13(2)3)16-21-8-6-14(22-16)17(4,18)19/h6-9,11H,5,10,12H2,1-4H3. The minimum Gasteiger partial charge on any atom is -0.334 e. The van der Waals surface area contributed by atoms with E-state index in [-0.39, 0.29) is 11.6 Å². The normalized spacial score (nSPS) is 11.4. The summed E-state index contributed by atoms with van der Waals surface area (Å²) in [4.78, 5) is 14.4. The van der Waals surface area contributed by atoms with Crippen molar-refractivity contribution >= 4 is 5.95 Å². The maximum absolute atomic E-state index is 13.6. The van der Waals surface area contributed by atoms with Gasteiger partial charge in [0, 0.05) is 38.6 Å². The molecule has 0 unspecified atom stereocenters. The molecule has 7 heteroatoms. The monoisotopic (exact) mass is 335 g/mol.